The predicted molar refractivity (Wildman–Crippen MR) is 96.7 cm³/mol. The van der Waals surface area contributed by atoms with Crippen LogP contribution in [0.1, 0.15) is 22.9 Å². The molecule has 2 rings (SSSR count). The van der Waals surface area contributed by atoms with Crippen LogP contribution in [-0.4, -0.2) is 19.5 Å². The summed E-state index contributed by atoms with van der Waals surface area (Å²) in [7, 11) is 2.05. The number of quaternary nitrogens is 1. The molecule has 0 aliphatic carbocycles. The number of amides is 1. The number of halogens is 1. The first-order valence-corrected chi connectivity index (χ1v) is 9.04. The van der Waals surface area contributed by atoms with Crippen LogP contribution in [0.25, 0.3) is 0 Å². The van der Waals surface area contributed by atoms with Crippen LogP contribution in [0.4, 0.5) is 5.69 Å². The third-order valence-electron chi connectivity index (χ3n) is 3.57. The van der Waals surface area contributed by atoms with E-state index in [2.05, 4.69) is 40.3 Å². The maximum absolute atomic E-state index is 12.3. The number of likely N-dealkylation sites (N-methyl/N-ethyl adjacent to an activating group) is 1. The molecule has 0 aliphatic heterocycles. The lowest BCUT2D eigenvalue weighted by atomic mass is 10.1. The van der Waals surface area contributed by atoms with E-state index in [1.807, 2.05) is 32.2 Å². The fourth-order valence-electron chi connectivity index (χ4n) is 2.47. The normalized spacial score (nSPS) is 12.2. The van der Waals surface area contributed by atoms with Crippen molar-refractivity contribution >= 4 is 38.9 Å². The van der Waals surface area contributed by atoms with Gasteiger partial charge in [0.1, 0.15) is 6.54 Å². The molecule has 1 unspecified atom stereocenters. The second-order valence-corrected chi connectivity index (χ2v) is 8.07. The molecule has 1 aromatic heterocycles. The van der Waals surface area contributed by atoms with Crippen molar-refractivity contribution in [2.24, 2.45) is 0 Å². The summed E-state index contributed by atoms with van der Waals surface area (Å²) in [6, 6.07) is 10.3. The van der Waals surface area contributed by atoms with Crippen molar-refractivity contribution < 1.29 is 9.69 Å². The van der Waals surface area contributed by atoms with E-state index < -0.39 is 0 Å². The Morgan fingerprint density at radius 2 is 2.09 bits per heavy atom. The van der Waals surface area contributed by atoms with Gasteiger partial charge in [0.2, 0.25) is 0 Å². The number of rotatable bonds is 6. The summed E-state index contributed by atoms with van der Waals surface area (Å²) in [6.45, 7) is 5.47. The lowest BCUT2D eigenvalue weighted by molar-refractivity contribution is -0.884. The van der Waals surface area contributed by atoms with Gasteiger partial charge in [-0.1, -0.05) is 25.1 Å². The van der Waals surface area contributed by atoms with Gasteiger partial charge in [-0.2, -0.15) is 0 Å². The van der Waals surface area contributed by atoms with E-state index in [9.17, 15) is 4.79 Å². The summed E-state index contributed by atoms with van der Waals surface area (Å²) in [5.41, 5.74) is 3.28. The monoisotopic (exact) mass is 381 g/mol. The van der Waals surface area contributed by atoms with Crippen LogP contribution in [-0.2, 0) is 17.8 Å². The minimum atomic E-state index is 0.0668. The predicted octanol–water partition coefficient (Wildman–Crippen LogP) is 3.03. The standard InChI is InChI=1S/C17H21BrN2OS/c1-4-13-7-5-6-12(2)17(13)19-16(21)11-20(3)10-14-8-9-15(18)22-14/h5-9H,4,10-11H2,1-3H3,(H,19,21)/p+1. The Kier molecular flexibility index (Phi) is 6.17. The first-order valence-electron chi connectivity index (χ1n) is 7.43. The quantitative estimate of drug-likeness (QED) is 0.791. The zero-order valence-electron chi connectivity index (χ0n) is 13.2. The topological polar surface area (TPSA) is 33.5 Å². The van der Waals surface area contributed by atoms with Crippen molar-refractivity contribution in [1.29, 1.82) is 0 Å². The number of carbonyl (C=O) groups excluding carboxylic acids is 1. The highest BCUT2D eigenvalue weighted by molar-refractivity contribution is 9.11. The second kappa shape index (κ2) is 7.90. The van der Waals surface area contributed by atoms with Crippen molar-refractivity contribution in [3.8, 4) is 0 Å². The average Bonchev–Trinajstić information content (AvgIpc) is 2.86. The summed E-state index contributed by atoms with van der Waals surface area (Å²) in [4.78, 5) is 14.8. The van der Waals surface area contributed by atoms with Crippen LogP contribution in [0.3, 0.4) is 0 Å². The van der Waals surface area contributed by atoms with Gasteiger partial charge in [-0.15, -0.1) is 11.3 Å². The molecule has 1 aromatic carbocycles. The number of anilines is 1. The SMILES string of the molecule is CCc1cccc(C)c1NC(=O)C[NH+](C)Cc1ccc(Br)s1. The van der Waals surface area contributed by atoms with E-state index in [0.29, 0.717) is 6.54 Å². The highest BCUT2D eigenvalue weighted by Crippen LogP contribution is 2.21. The molecule has 0 spiro atoms. The zero-order valence-corrected chi connectivity index (χ0v) is 15.6. The maximum atomic E-state index is 12.3. The van der Waals surface area contributed by atoms with Crippen LogP contribution in [0.15, 0.2) is 34.1 Å². The molecule has 2 aromatic rings. The Morgan fingerprint density at radius 3 is 2.73 bits per heavy atom. The highest BCUT2D eigenvalue weighted by Gasteiger charge is 2.14. The molecule has 0 saturated carbocycles. The lowest BCUT2D eigenvalue weighted by Crippen LogP contribution is -3.08. The first-order chi connectivity index (χ1) is 10.5. The van der Waals surface area contributed by atoms with Crippen LogP contribution >= 0.6 is 27.3 Å². The summed E-state index contributed by atoms with van der Waals surface area (Å²) in [6.07, 6.45) is 0.920. The van der Waals surface area contributed by atoms with E-state index >= 15 is 0 Å². The summed E-state index contributed by atoms with van der Waals surface area (Å²) < 4.78 is 1.13. The second-order valence-electron chi connectivity index (χ2n) is 5.53. The molecular weight excluding hydrogens is 360 g/mol. The van der Waals surface area contributed by atoms with Crippen molar-refractivity contribution in [3.63, 3.8) is 0 Å². The number of hydrogen-bond acceptors (Lipinski definition) is 2. The number of benzene rings is 1. The van der Waals surface area contributed by atoms with Crippen LogP contribution < -0.4 is 10.2 Å². The largest absolute Gasteiger partial charge is 0.325 e. The van der Waals surface area contributed by atoms with Crippen LogP contribution in [0, 0.1) is 6.92 Å². The lowest BCUT2D eigenvalue weighted by Gasteiger charge is -2.16. The number of aryl methyl sites for hydroxylation is 2. The van der Waals surface area contributed by atoms with Crippen LogP contribution in [0.2, 0.25) is 0 Å². The minimum Gasteiger partial charge on any atom is -0.325 e. The van der Waals surface area contributed by atoms with E-state index in [-0.39, 0.29) is 5.91 Å². The third kappa shape index (κ3) is 4.66. The Morgan fingerprint density at radius 1 is 1.32 bits per heavy atom. The minimum absolute atomic E-state index is 0.0668. The van der Waals surface area contributed by atoms with Crippen molar-refractivity contribution in [3.05, 3.63) is 50.1 Å². The van der Waals surface area contributed by atoms with Gasteiger partial charge < -0.3 is 10.2 Å². The molecule has 2 N–H and O–H groups in total. The smallest absolute Gasteiger partial charge is 0.279 e. The Labute approximate surface area is 144 Å². The molecule has 1 amide bonds. The van der Waals surface area contributed by atoms with Crippen molar-refractivity contribution in [2.75, 3.05) is 18.9 Å². The highest BCUT2D eigenvalue weighted by atomic mass is 79.9. The van der Waals surface area contributed by atoms with Crippen LogP contribution in [0.5, 0.6) is 0 Å². The van der Waals surface area contributed by atoms with Gasteiger partial charge in [-0.05, 0) is 52.5 Å². The number of nitrogens with one attached hydrogen (secondary N) is 2. The fraction of sp³-hybridized carbons (Fsp3) is 0.353. The van der Waals surface area contributed by atoms with E-state index in [1.165, 1.54) is 15.3 Å². The Hall–Kier alpha value is -1.17. The molecule has 0 aliphatic rings. The third-order valence-corrected chi connectivity index (χ3v) is 5.20. The number of hydrogen-bond donors (Lipinski definition) is 2. The van der Waals surface area contributed by atoms with Crippen molar-refractivity contribution in [1.82, 2.24) is 0 Å². The molecule has 22 heavy (non-hydrogen) atoms. The molecule has 3 nitrogen and oxygen atoms in total. The van der Waals surface area contributed by atoms with Gasteiger partial charge in [0.15, 0.2) is 6.54 Å². The number of para-hydroxylation sites is 1. The van der Waals surface area contributed by atoms with Gasteiger partial charge in [-0.25, -0.2) is 0 Å². The fourth-order valence-corrected chi connectivity index (χ4v) is 4.06. The van der Waals surface area contributed by atoms with E-state index in [1.54, 1.807) is 11.3 Å². The molecule has 1 atom stereocenters. The Bertz CT molecular complexity index is 654. The molecule has 0 bridgehead atoms. The summed E-state index contributed by atoms with van der Waals surface area (Å²) in [5, 5.41) is 3.09. The van der Waals surface area contributed by atoms with Gasteiger partial charge in [-0.3, -0.25) is 4.79 Å². The van der Waals surface area contributed by atoms with Crippen molar-refractivity contribution in [2.45, 2.75) is 26.8 Å². The van der Waals surface area contributed by atoms with Gasteiger partial charge >= 0.3 is 0 Å². The maximum Gasteiger partial charge on any atom is 0.279 e. The first kappa shape index (κ1) is 17.2. The number of carbonyl (C=O) groups is 1. The molecule has 5 heteroatoms. The molecular formula is C17H22BrN2OS+. The summed E-state index contributed by atoms with van der Waals surface area (Å²) >= 11 is 5.19. The van der Waals surface area contributed by atoms with Gasteiger partial charge in [0.25, 0.3) is 5.91 Å². The average molecular weight is 382 g/mol. The van der Waals surface area contributed by atoms with Gasteiger partial charge in [0.05, 0.1) is 15.7 Å². The molecule has 0 saturated heterocycles. The van der Waals surface area contributed by atoms with E-state index in [4.69, 9.17) is 0 Å². The zero-order chi connectivity index (χ0) is 16.1. The molecule has 0 radical (unpaired) electrons. The summed E-state index contributed by atoms with van der Waals surface area (Å²) in [5.74, 6) is 0.0668. The number of thiophene rings is 1. The molecule has 1 heterocycles. The van der Waals surface area contributed by atoms with Gasteiger partial charge in [0, 0.05) is 5.69 Å². The molecule has 118 valence electrons. The van der Waals surface area contributed by atoms with E-state index in [0.717, 1.165) is 28.0 Å². The molecule has 0 fully saturated rings. The Balaban J connectivity index is 1.95.